The van der Waals surface area contributed by atoms with E-state index in [1.807, 2.05) is 0 Å². The first-order valence-corrected chi connectivity index (χ1v) is 4.43. The van der Waals surface area contributed by atoms with Crippen LogP contribution in [0.25, 0.3) is 0 Å². The van der Waals surface area contributed by atoms with Gasteiger partial charge in [-0.25, -0.2) is 0 Å². The minimum Gasteiger partial charge on any atom is -0.463 e. The van der Waals surface area contributed by atoms with Gasteiger partial charge in [-0.3, -0.25) is 9.89 Å². The summed E-state index contributed by atoms with van der Waals surface area (Å²) in [6.07, 6.45) is 4.00. The van der Waals surface area contributed by atoms with Gasteiger partial charge in [-0.15, -0.1) is 0 Å². The van der Waals surface area contributed by atoms with Crippen molar-refractivity contribution in [3.63, 3.8) is 0 Å². The van der Waals surface area contributed by atoms with E-state index < -0.39 is 5.56 Å². The SMILES string of the molecule is O=c1cn[nH]c(=S)n1/N=C/c1ccco1. The van der Waals surface area contributed by atoms with Crippen LogP contribution in [0.1, 0.15) is 5.76 Å². The number of nitrogens with zero attached hydrogens (tertiary/aromatic N) is 3. The van der Waals surface area contributed by atoms with E-state index in [1.165, 1.54) is 12.5 Å². The predicted octanol–water partition coefficient (Wildman–Crippen LogP) is 0.776. The number of aromatic nitrogens is 3. The topological polar surface area (TPSA) is 76.2 Å². The fraction of sp³-hybridized carbons (Fsp3) is 0. The molecule has 15 heavy (non-hydrogen) atoms. The highest BCUT2D eigenvalue weighted by atomic mass is 32.1. The highest BCUT2D eigenvalue weighted by Crippen LogP contribution is 1.95. The van der Waals surface area contributed by atoms with Gasteiger partial charge in [-0.05, 0) is 24.4 Å². The molecule has 1 N–H and O–H groups in total. The second-order valence-electron chi connectivity index (χ2n) is 2.59. The van der Waals surface area contributed by atoms with Crippen LogP contribution >= 0.6 is 12.2 Å². The Balaban J connectivity index is 2.41. The highest BCUT2D eigenvalue weighted by Gasteiger charge is 1.95. The summed E-state index contributed by atoms with van der Waals surface area (Å²) in [7, 11) is 0. The maximum atomic E-state index is 11.3. The summed E-state index contributed by atoms with van der Waals surface area (Å²) in [5.74, 6) is 0.535. The third-order valence-electron chi connectivity index (χ3n) is 1.58. The van der Waals surface area contributed by atoms with E-state index in [4.69, 9.17) is 16.6 Å². The molecule has 0 saturated carbocycles. The molecule has 0 aromatic carbocycles. The third kappa shape index (κ3) is 2.08. The zero-order chi connectivity index (χ0) is 10.7. The first-order chi connectivity index (χ1) is 7.27. The Morgan fingerprint density at radius 1 is 1.67 bits per heavy atom. The lowest BCUT2D eigenvalue weighted by Crippen LogP contribution is -2.18. The molecule has 0 radical (unpaired) electrons. The maximum absolute atomic E-state index is 11.3. The van der Waals surface area contributed by atoms with Crippen LogP contribution in [0.2, 0.25) is 0 Å². The summed E-state index contributed by atoms with van der Waals surface area (Å²) in [4.78, 5) is 11.3. The van der Waals surface area contributed by atoms with Crippen molar-refractivity contribution in [2.75, 3.05) is 0 Å². The molecule has 2 aromatic heterocycles. The van der Waals surface area contributed by atoms with Gasteiger partial charge in [0.15, 0.2) is 0 Å². The number of aromatic amines is 1. The molecular formula is C8H6N4O2S. The van der Waals surface area contributed by atoms with Crippen LogP contribution in [0, 0.1) is 4.77 Å². The van der Waals surface area contributed by atoms with E-state index in [-0.39, 0.29) is 4.77 Å². The van der Waals surface area contributed by atoms with Crippen molar-refractivity contribution >= 4 is 18.4 Å². The van der Waals surface area contributed by atoms with E-state index in [0.717, 1.165) is 10.9 Å². The molecule has 2 aromatic rings. The van der Waals surface area contributed by atoms with Gasteiger partial charge in [0.25, 0.3) is 5.56 Å². The third-order valence-corrected chi connectivity index (χ3v) is 1.84. The molecule has 7 heteroatoms. The molecule has 0 aliphatic rings. The Bertz CT molecular complexity index is 553. The van der Waals surface area contributed by atoms with Crippen LogP contribution < -0.4 is 5.56 Å². The fourth-order valence-corrected chi connectivity index (χ4v) is 1.12. The molecule has 0 unspecified atom stereocenters. The standard InChI is InChI=1S/C8H6N4O2S/c13-7-5-9-11-8(15)12(7)10-4-6-2-1-3-14-6/h1-5H,(H,11,15)/b10-4+. The number of rotatable bonds is 2. The number of furan rings is 1. The first-order valence-electron chi connectivity index (χ1n) is 4.02. The second kappa shape index (κ2) is 4.01. The van der Waals surface area contributed by atoms with Crippen LogP contribution in [-0.4, -0.2) is 21.1 Å². The largest absolute Gasteiger partial charge is 0.463 e. The molecule has 0 atom stereocenters. The van der Waals surface area contributed by atoms with E-state index >= 15 is 0 Å². The van der Waals surface area contributed by atoms with E-state index in [9.17, 15) is 4.79 Å². The highest BCUT2D eigenvalue weighted by molar-refractivity contribution is 7.71. The van der Waals surface area contributed by atoms with E-state index in [0.29, 0.717) is 5.76 Å². The predicted molar refractivity (Wildman–Crippen MR) is 55.4 cm³/mol. The second-order valence-corrected chi connectivity index (χ2v) is 2.97. The van der Waals surface area contributed by atoms with Gasteiger partial charge in [0.05, 0.1) is 12.5 Å². The fourth-order valence-electron chi connectivity index (χ4n) is 0.934. The van der Waals surface area contributed by atoms with Crippen molar-refractivity contribution in [3.8, 4) is 0 Å². The van der Waals surface area contributed by atoms with Crippen LogP contribution in [0.4, 0.5) is 0 Å². The van der Waals surface area contributed by atoms with Crippen molar-refractivity contribution in [1.82, 2.24) is 14.9 Å². The van der Waals surface area contributed by atoms with Gasteiger partial charge in [-0.1, -0.05) is 0 Å². The molecule has 2 heterocycles. The molecular weight excluding hydrogens is 216 g/mol. The number of hydrogen-bond donors (Lipinski definition) is 1. The molecule has 0 fully saturated rings. The summed E-state index contributed by atoms with van der Waals surface area (Å²) in [6, 6.07) is 3.43. The molecule has 0 spiro atoms. The van der Waals surface area contributed by atoms with Crippen molar-refractivity contribution in [2.45, 2.75) is 0 Å². The Morgan fingerprint density at radius 2 is 2.53 bits per heavy atom. The van der Waals surface area contributed by atoms with Gasteiger partial charge < -0.3 is 4.42 Å². The number of nitrogens with one attached hydrogen (secondary N) is 1. The van der Waals surface area contributed by atoms with Crippen molar-refractivity contribution in [1.29, 1.82) is 0 Å². The van der Waals surface area contributed by atoms with E-state index in [2.05, 4.69) is 15.3 Å². The summed E-state index contributed by atoms with van der Waals surface area (Å²) in [5, 5.41) is 9.84. The van der Waals surface area contributed by atoms with Crippen LogP contribution in [0.3, 0.4) is 0 Å². The zero-order valence-electron chi connectivity index (χ0n) is 7.45. The first kappa shape index (κ1) is 9.53. The lowest BCUT2D eigenvalue weighted by Gasteiger charge is -1.94. The molecule has 6 nitrogen and oxygen atoms in total. The van der Waals surface area contributed by atoms with Crippen LogP contribution in [0.15, 0.2) is 38.9 Å². The van der Waals surface area contributed by atoms with Crippen molar-refractivity contribution in [2.24, 2.45) is 5.10 Å². The Labute approximate surface area is 88.9 Å². The van der Waals surface area contributed by atoms with Gasteiger partial charge in [0.1, 0.15) is 12.0 Å². The van der Waals surface area contributed by atoms with Crippen LogP contribution in [-0.2, 0) is 0 Å². The smallest absolute Gasteiger partial charge is 0.293 e. The molecule has 0 amide bonds. The monoisotopic (exact) mass is 222 g/mol. The average Bonchev–Trinajstić information content (AvgIpc) is 2.70. The summed E-state index contributed by atoms with van der Waals surface area (Å²) >= 11 is 4.83. The minimum absolute atomic E-state index is 0.130. The van der Waals surface area contributed by atoms with Gasteiger partial charge in [0, 0.05) is 0 Å². The maximum Gasteiger partial charge on any atom is 0.293 e. The molecule has 0 saturated heterocycles. The molecule has 2 rings (SSSR count). The Morgan fingerprint density at radius 3 is 3.20 bits per heavy atom. The lowest BCUT2D eigenvalue weighted by atomic mass is 10.5. The Kier molecular flexibility index (Phi) is 2.55. The van der Waals surface area contributed by atoms with Crippen molar-refractivity contribution in [3.05, 3.63) is 45.5 Å². The van der Waals surface area contributed by atoms with E-state index in [1.54, 1.807) is 12.1 Å². The summed E-state index contributed by atoms with van der Waals surface area (Å²) < 4.78 is 6.16. The molecule has 76 valence electrons. The molecule has 0 bridgehead atoms. The normalized spacial score (nSPS) is 10.9. The quantitative estimate of drug-likeness (QED) is 0.601. The number of hydrogen-bond acceptors (Lipinski definition) is 5. The van der Waals surface area contributed by atoms with Gasteiger partial charge >= 0.3 is 0 Å². The lowest BCUT2D eigenvalue weighted by molar-refractivity contribution is 0.559. The van der Waals surface area contributed by atoms with Gasteiger partial charge in [-0.2, -0.15) is 14.9 Å². The average molecular weight is 222 g/mol. The van der Waals surface area contributed by atoms with Crippen molar-refractivity contribution < 1.29 is 4.42 Å². The zero-order valence-corrected chi connectivity index (χ0v) is 8.27. The summed E-state index contributed by atoms with van der Waals surface area (Å²) in [5.41, 5.74) is -0.401. The molecule has 0 aliphatic carbocycles. The minimum atomic E-state index is -0.401. The number of H-pyrrole nitrogens is 1. The Hall–Kier alpha value is -2.02. The summed E-state index contributed by atoms with van der Waals surface area (Å²) in [6.45, 7) is 0. The van der Waals surface area contributed by atoms with Gasteiger partial charge in [0.2, 0.25) is 4.77 Å². The molecule has 0 aliphatic heterocycles. The van der Waals surface area contributed by atoms with Crippen LogP contribution in [0.5, 0.6) is 0 Å².